The van der Waals surface area contributed by atoms with Crippen LogP contribution in [0, 0.1) is 11.3 Å². The molecule has 1 heterocycles. The van der Waals surface area contributed by atoms with Crippen molar-refractivity contribution in [3.05, 3.63) is 46.5 Å². The van der Waals surface area contributed by atoms with E-state index in [0.29, 0.717) is 17.2 Å². The molecule has 1 aliphatic rings. The summed E-state index contributed by atoms with van der Waals surface area (Å²) < 4.78 is 4.86. The third-order valence-electron chi connectivity index (χ3n) is 3.20. The summed E-state index contributed by atoms with van der Waals surface area (Å²) in [6, 6.07) is 11.6. The molecule has 0 spiro atoms. The van der Waals surface area contributed by atoms with Crippen molar-refractivity contribution in [3.63, 3.8) is 0 Å². The minimum atomic E-state index is -0.367. The summed E-state index contributed by atoms with van der Waals surface area (Å²) in [5, 5.41) is 12.6. The monoisotopic (exact) mass is 316 g/mol. The van der Waals surface area contributed by atoms with Crippen molar-refractivity contribution in [3.8, 4) is 6.07 Å². The van der Waals surface area contributed by atoms with Gasteiger partial charge >= 0.3 is 5.97 Å². The van der Waals surface area contributed by atoms with Crippen molar-refractivity contribution in [2.45, 2.75) is 19.3 Å². The fraction of sp³-hybridized carbons (Fsp3) is 0.312. The molecular weight excluding hydrogens is 300 g/mol. The third kappa shape index (κ3) is 3.89. The summed E-state index contributed by atoms with van der Waals surface area (Å²) in [6.45, 7) is 2.04. The van der Waals surface area contributed by atoms with Crippen LogP contribution < -0.4 is 5.32 Å². The van der Waals surface area contributed by atoms with E-state index in [2.05, 4.69) is 11.4 Å². The van der Waals surface area contributed by atoms with Crippen molar-refractivity contribution < 1.29 is 14.3 Å². The molecule has 114 valence electrons. The van der Waals surface area contributed by atoms with E-state index < -0.39 is 0 Å². The lowest BCUT2D eigenvalue weighted by atomic mass is 9.87. The Morgan fingerprint density at radius 2 is 2.18 bits per heavy atom. The average Bonchev–Trinajstić information content (AvgIpc) is 2.53. The van der Waals surface area contributed by atoms with Crippen molar-refractivity contribution in [2.75, 3.05) is 12.4 Å². The zero-order chi connectivity index (χ0) is 15.9. The van der Waals surface area contributed by atoms with Gasteiger partial charge in [0, 0.05) is 12.3 Å². The minimum Gasteiger partial charge on any atom is -0.465 e. The molecule has 0 saturated carbocycles. The van der Waals surface area contributed by atoms with Crippen LogP contribution in [0.1, 0.15) is 24.8 Å². The first-order valence-electron chi connectivity index (χ1n) is 6.93. The number of carbonyl (C=O) groups excluding carboxylic acids is 2. The second kappa shape index (κ2) is 7.66. The smallest absolute Gasteiger partial charge is 0.316 e. The number of rotatable bonds is 5. The first kappa shape index (κ1) is 16.1. The number of hydrogen-bond donors (Lipinski definition) is 1. The molecule has 0 aromatic heterocycles. The predicted molar refractivity (Wildman–Crippen MR) is 83.7 cm³/mol. The van der Waals surface area contributed by atoms with Gasteiger partial charge in [0.05, 0.1) is 29.0 Å². The molecule has 5 nitrogen and oxygen atoms in total. The zero-order valence-corrected chi connectivity index (χ0v) is 13.0. The van der Waals surface area contributed by atoms with Gasteiger partial charge < -0.3 is 10.1 Å². The molecule has 1 aromatic carbocycles. The number of hydrogen-bond acceptors (Lipinski definition) is 5. The predicted octanol–water partition coefficient (Wildman–Crippen LogP) is 2.32. The quantitative estimate of drug-likeness (QED) is 0.843. The fourth-order valence-corrected chi connectivity index (χ4v) is 3.11. The molecule has 0 unspecified atom stereocenters. The van der Waals surface area contributed by atoms with Gasteiger partial charge in [0.25, 0.3) is 0 Å². The number of allylic oxidation sites excluding steroid dienone is 1. The standard InChI is InChI=1S/C16H16N2O3S/c1-2-21-15(20)10-22-16-13(9-17)12(8-14(19)18-16)11-6-4-3-5-7-11/h3-7,12H,2,8,10H2,1H3,(H,18,19)/t12-/m1/s1. The van der Waals surface area contributed by atoms with Crippen molar-refractivity contribution >= 4 is 23.6 Å². The first-order chi connectivity index (χ1) is 10.7. The molecule has 1 aliphatic heterocycles. The fourth-order valence-electron chi connectivity index (χ4n) is 2.24. The number of nitrogens with zero attached hydrogens (tertiary/aromatic N) is 1. The Hall–Kier alpha value is -2.26. The molecule has 1 N–H and O–H groups in total. The van der Waals surface area contributed by atoms with Crippen LogP contribution in [0.15, 0.2) is 40.9 Å². The van der Waals surface area contributed by atoms with Crippen LogP contribution in [0.5, 0.6) is 0 Å². The van der Waals surface area contributed by atoms with Crippen LogP contribution in [0.25, 0.3) is 0 Å². The van der Waals surface area contributed by atoms with E-state index in [1.54, 1.807) is 6.92 Å². The largest absolute Gasteiger partial charge is 0.465 e. The van der Waals surface area contributed by atoms with Gasteiger partial charge in [-0.2, -0.15) is 5.26 Å². The number of thioether (sulfide) groups is 1. The van der Waals surface area contributed by atoms with Crippen LogP contribution >= 0.6 is 11.8 Å². The lowest BCUT2D eigenvalue weighted by Gasteiger charge is -2.24. The van der Waals surface area contributed by atoms with Crippen LogP contribution in [-0.2, 0) is 14.3 Å². The average molecular weight is 316 g/mol. The van der Waals surface area contributed by atoms with Crippen molar-refractivity contribution in [2.24, 2.45) is 0 Å². The summed E-state index contributed by atoms with van der Waals surface area (Å²) in [7, 11) is 0. The van der Waals surface area contributed by atoms with Crippen LogP contribution in [0.2, 0.25) is 0 Å². The number of carbonyl (C=O) groups is 2. The van der Waals surface area contributed by atoms with Gasteiger partial charge in [-0.3, -0.25) is 9.59 Å². The van der Waals surface area contributed by atoms with E-state index in [4.69, 9.17) is 4.74 Å². The highest BCUT2D eigenvalue weighted by Gasteiger charge is 2.29. The Labute approximate surface area is 133 Å². The van der Waals surface area contributed by atoms with Crippen molar-refractivity contribution in [1.29, 1.82) is 5.26 Å². The minimum absolute atomic E-state index is 0.0656. The van der Waals surface area contributed by atoms with Crippen LogP contribution in [0.4, 0.5) is 0 Å². The van der Waals surface area contributed by atoms with Gasteiger partial charge in [0.2, 0.25) is 5.91 Å². The summed E-state index contributed by atoms with van der Waals surface area (Å²) in [5.41, 5.74) is 1.41. The number of nitrogens with one attached hydrogen (secondary N) is 1. The zero-order valence-electron chi connectivity index (χ0n) is 12.2. The molecule has 0 fully saturated rings. The van der Waals surface area contributed by atoms with Gasteiger partial charge in [-0.1, -0.05) is 42.1 Å². The maximum Gasteiger partial charge on any atom is 0.316 e. The molecule has 0 saturated heterocycles. The molecule has 22 heavy (non-hydrogen) atoms. The lowest BCUT2D eigenvalue weighted by Crippen LogP contribution is -2.31. The SMILES string of the molecule is CCOC(=O)CSC1=C(C#N)[C@@H](c2ccccc2)CC(=O)N1. The molecular formula is C16H16N2O3S. The summed E-state index contributed by atoms with van der Waals surface area (Å²) >= 11 is 1.13. The molecule has 0 aliphatic carbocycles. The second-order valence-corrected chi connectivity index (χ2v) is 5.65. The van der Waals surface area contributed by atoms with Gasteiger partial charge in [-0.25, -0.2) is 0 Å². The summed E-state index contributed by atoms with van der Waals surface area (Å²) in [6.07, 6.45) is 0.233. The van der Waals surface area contributed by atoms with Gasteiger partial charge in [0.1, 0.15) is 0 Å². The topological polar surface area (TPSA) is 79.2 Å². The van der Waals surface area contributed by atoms with Gasteiger partial charge in [-0.15, -0.1) is 0 Å². The number of benzene rings is 1. The molecule has 6 heteroatoms. The van der Waals surface area contributed by atoms with Gasteiger partial charge in [-0.05, 0) is 12.5 Å². The highest BCUT2D eigenvalue weighted by molar-refractivity contribution is 8.03. The number of ether oxygens (including phenoxy) is 1. The summed E-state index contributed by atoms with van der Waals surface area (Å²) in [4.78, 5) is 23.4. The van der Waals surface area contributed by atoms with E-state index in [1.165, 1.54) is 0 Å². The molecule has 1 aromatic rings. The third-order valence-corrected chi connectivity index (χ3v) is 4.19. The van der Waals surface area contributed by atoms with E-state index in [-0.39, 0.29) is 30.0 Å². The van der Waals surface area contributed by atoms with E-state index in [0.717, 1.165) is 17.3 Å². The number of nitriles is 1. The van der Waals surface area contributed by atoms with Crippen LogP contribution in [0.3, 0.4) is 0 Å². The van der Waals surface area contributed by atoms with Gasteiger partial charge in [0.15, 0.2) is 0 Å². The Kier molecular flexibility index (Phi) is 5.61. The maximum absolute atomic E-state index is 11.9. The second-order valence-electron chi connectivity index (χ2n) is 4.66. The molecule has 0 radical (unpaired) electrons. The van der Waals surface area contributed by atoms with Crippen LogP contribution in [-0.4, -0.2) is 24.2 Å². The first-order valence-corrected chi connectivity index (χ1v) is 7.91. The van der Waals surface area contributed by atoms with Crippen molar-refractivity contribution in [1.82, 2.24) is 5.32 Å². The Morgan fingerprint density at radius 1 is 1.45 bits per heavy atom. The lowest BCUT2D eigenvalue weighted by molar-refractivity contribution is -0.139. The van der Waals surface area contributed by atoms with E-state index >= 15 is 0 Å². The Bertz CT molecular complexity index is 635. The Morgan fingerprint density at radius 3 is 2.82 bits per heavy atom. The highest BCUT2D eigenvalue weighted by Crippen LogP contribution is 2.35. The molecule has 1 amide bonds. The highest BCUT2D eigenvalue weighted by atomic mass is 32.2. The summed E-state index contributed by atoms with van der Waals surface area (Å²) in [5.74, 6) is -0.729. The van der Waals surface area contributed by atoms with E-state index in [1.807, 2.05) is 30.3 Å². The molecule has 0 bridgehead atoms. The molecule has 2 rings (SSSR count). The normalized spacial score (nSPS) is 17.6. The Balaban J connectivity index is 2.24. The molecule has 1 atom stereocenters. The maximum atomic E-state index is 11.9. The number of esters is 1. The van der Waals surface area contributed by atoms with E-state index in [9.17, 15) is 14.9 Å². The number of amides is 1.